The van der Waals surface area contributed by atoms with Gasteiger partial charge in [0.15, 0.2) is 0 Å². The van der Waals surface area contributed by atoms with Crippen molar-refractivity contribution in [3.63, 3.8) is 0 Å². The van der Waals surface area contributed by atoms with E-state index in [9.17, 15) is 18.4 Å². The number of anilines is 1. The topological polar surface area (TPSA) is 67.4 Å². The summed E-state index contributed by atoms with van der Waals surface area (Å²) in [7, 11) is 0. The summed E-state index contributed by atoms with van der Waals surface area (Å²) >= 11 is 0. The van der Waals surface area contributed by atoms with Crippen molar-refractivity contribution in [1.29, 1.82) is 0 Å². The second-order valence-electron chi connectivity index (χ2n) is 5.43. The third-order valence-corrected chi connectivity index (χ3v) is 3.52. The molecule has 0 aromatic heterocycles. The van der Waals surface area contributed by atoms with Crippen LogP contribution in [0.1, 0.15) is 30.1 Å². The zero-order chi connectivity index (χ0) is 18.9. The van der Waals surface area contributed by atoms with Gasteiger partial charge in [0, 0.05) is 13.0 Å². The molecule has 0 saturated heterocycles. The number of rotatable bonds is 8. The van der Waals surface area contributed by atoms with Gasteiger partial charge in [-0.3, -0.25) is 9.59 Å². The average Bonchev–Trinajstić information content (AvgIpc) is 2.62. The zero-order valence-electron chi connectivity index (χ0n) is 14.4. The first-order valence-electron chi connectivity index (χ1n) is 8.26. The van der Waals surface area contributed by atoms with Crippen molar-refractivity contribution in [2.24, 2.45) is 0 Å². The normalized spacial score (nSPS) is 10.3. The number of carbonyl (C=O) groups excluding carboxylic acids is 2. The van der Waals surface area contributed by atoms with Crippen LogP contribution in [-0.2, 0) is 4.79 Å². The summed E-state index contributed by atoms with van der Waals surface area (Å²) in [5.74, 6) is -2.02. The van der Waals surface area contributed by atoms with E-state index in [0.717, 1.165) is 12.1 Å². The third kappa shape index (κ3) is 5.27. The number of amides is 2. The van der Waals surface area contributed by atoms with Crippen LogP contribution >= 0.6 is 0 Å². The van der Waals surface area contributed by atoms with E-state index in [0.29, 0.717) is 24.3 Å². The van der Waals surface area contributed by atoms with Gasteiger partial charge in [-0.2, -0.15) is 0 Å². The number of nitrogens with one attached hydrogen (secondary N) is 2. The smallest absolute Gasteiger partial charge is 0.255 e. The molecule has 0 radical (unpaired) electrons. The first-order chi connectivity index (χ1) is 12.5. The molecule has 2 N–H and O–H groups in total. The molecule has 2 amide bonds. The first-order valence-corrected chi connectivity index (χ1v) is 8.26. The molecule has 0 unspecified atom stereocenters. The molecule has 0 atom stereocenters. The highest BCUT2D eigenvalue weighted by atomic mass is 19.1. The van der Waals surface area contributed by atoms with Crippen LogP contribution < -0.4 is 15.4 Å². The molecular weight excluding hydrogens is 342 g/mol. The summed E-state index contributed by atoms with van der Waals surface area (Å²) in [6.45, 7) is 2.51. The number of ether oxygens (including phenoxy) is 1. The van der Waals surface area contributed by atoms with Crippen molar-refractivity contribution in [2.75, 3.05) is 18.5 Å². The van der Waals surface area contributed by atoms with Gasteiger partial charge in [-0.15, -0.1) is 0 Å². The Kier molecular flexibility index (Phi) is 7.08. The van der Waals surface area contributed by atoms with E-state index in [4.69, 9.17) is 4.74 Å². The van der Waals surface area contributed by atoms with Crippen LogP contribution in [-0.4, -0.2) is 25.0 Å². The first kappa shape index (κ1) is 19.4. The Morgan fingerprint density at radius 2 is 1.73 bits per heavy atom. The van der Waals surface area contributed by atoms with Gasteiger partial charge in [0.25, 0.3) is 5.91 Å². The second kappa shape index (κ2) is 9.50. The molecule has 0 saturated carbocycles. The molecule has 0 fully saturated rings. The summed E-state index contributed by atoms with van der Waals surface area (Å²) < 4.78 is 32.3. The lowest BCUT2D eigenvalue weighted by Gasteiger charge is -2.10. The molecule has 5 nitrogen and oxygen atoms in total. The van der Waals surface area contributed by atoms with Crippen molar-refractivity contribution in [1.82, 2.24) is 5.32 Å². The summed E-state index contributed by atoms with van der Waals surface area (Å²) in [5, 5.41) is 4.90. The fraction of sp³-hybridized carbons (Fsp3) is 0.263. The lowest BCUT2D eigenvalue weighted by molar-refractivity contribution is -0.116. The summed E-state index contributed by atoms with van der Waals surface area (Å²) in [4.78, 5) is 24.0. The minimum absolute atomic E-state index is 0.0150. The number of hydrogen-bond acceptors (Lipinski definition) is 3. The number of para-hydroxylation sites is 2. The highest BCUT2D eigenvalue weighted by Gasteiger charge is 2.13. The molecule has 2 rings (SSSR count). The minimum atomic E-state index is -0.834. The Balaban J connectivity index is 1.80. The van der Waals surface area contributed by atoms with Gasteiger partial charge in [0.1, 0.15) is 23.1 Å². The molecule has 0 aliphatic heterocycles. The fourth-order valence-electron chi connectivity index (χ4n) is 2.30. The Hall–Kier alpha value is -2.96. The van der Waals surface area contributed by atoms with E-state index in [-0.39, 0.29) is 18.9 Å². The van der Waals surface area contributed by atoms with Crippen molar-refractivity contribution >= 4 is 17.5 Å². The van der Waals surface area contributed by atoms with Crippen LogP contribution in [0.4, 0.5) is 14.5 Å². The second-order valence-corrected chi connectivity index (χ2v) is 5.43. The highest BCUT2D eigenvalue weighted by molar-refractivity contribution is 5.97. The predicted molar refractivity (Wildman–Crippen MR) is 94.2 cm³/mol. The lowest BCUT2D eigenvalue weighted by Crippen LogP contribution is -2.26. The highest BCUT2D eigenvalue weighted by Crippen LogP contribution is 2.19. The predicted octanol–water partition coefficient (Wildman–Crippen LogP) is 3.51. The van der Waals surface area contributed by atoms with Gasteiger partial charge < -0.3 is 15.4 Å². The summed E-state index contributed by atoms with van der Waals surface area (Å²) in [5.41, 5.74) is -0.0561. The van der Waals surface area contributed by atoms with E-state index < -0.39 is 23.2 Å². The molecule has 0 bridgehead atoms. The minimum Gasteiger partial charge on any atom is -0.493 e. The number of halogens is 2. The van der Waals surface area contributed by atoms with Gasteiger partial charge in [-0.25, -0.2) is 8.78 Å². The van der Waals surface area contributed by atoms with E-state index in [2.05, 4.69) is 10.6 Å². The van der Waals surface area contributed by atoms with Gasteiger partial charge >= 0.3 is 0 Å². The molecule has 0 heterocycles. The Morgan fingerprint density at radius 3 is 2.42 bits per heavy atom. The van der Waals surface area contributed by atoms with Crippen LogP contribution in [0.5, 0.6) is 5.75 Å². The quantitative estimate of drug-likeness (QED) is 0.706. The monoisotopic (exact) mass is 362 g/mol. The molecule has 2 aromatic rings. The third-order valence-electron chi connectivity index (χ3n) is 3.52. The maximum absolute atomic E-state index is 13.5. The molecule has 0 spiro atoms. The van der Waals surface area contributed by atoms with Crippen molar-refractivity contribution in [2.45, 2.75) is 19.8 Å². The maximum atomic E-state index is 13.5. The largest absolute Gasteiger partial charge is 0.493 e. The molecule has 138 valence electrons. The summed E-state index contributed by atoms with van der Waals surface area (Å²) in [6.07, 6.45) is 0.339. The summed E-state index contributed by atoms with van der Waals surface area (Å²) in [6, 6.07) is 10.2. The Bertz CT molecular complexity index is 761. The van der Waals surface area contributed by atoms with E-state index >= 15 is 0 Å². The average molecular weight is 362 g/mol. The van der Waals surface area contributed by atoms with E-state index in [1.807, 2.05) is 6.92 Å². The van der Waals surface area contributed by atoms with Crippen molar-refractivity contribution in [3.8, 4) is 5.75 Å². The molecule has 26 heavy (non-hydrogen) atoms. The van der Waals surface area contributed by atoms with Crippen LogP contribution in [0.2, 0.25) is 0 Å². The van der Waals surface area contributed by atoms with Gasteiger partial charge in [-0.05, 0) is 37.6 Å². The van der Waals surface area contributed by atoms with Crippen molar-refractivity contribution in [3.05, 3.63) is 59.7 Å². The molecule has 0 aliphatic rings. The molecule has 0 aliphatic carbocycles. The standard InChI is InChI=1S/C19H20F2N2O3/c1-2-26-16-10-4-3-7-13(16)19(25)22-12-6-11-17(24)23-18-14(20)8-5-9-15(18)21/h3-5,7-10H,2,6,11-12H2,1H3,(H,22,25)(H,23,24). The van der Waals surface area contributed by atoms with Gasteiger partial charge in [0.05, 0.1) is 12.2 Å². The SMILES string of the molecule is CCOc1ccccc1C(=O)NCCCC(=O)Nc1c(F)cccc1F. The molecule has 2 aromatic carbocycles. The van der Waals surface area contributed by atoms with Crippen molar-refractivity contribution < 1.29 is 23.1 Å². The number of carbonyl (C=O) groups is 2. The van der Waals surface area contributed by atoms with E-state index in [1.54, 1.807) is 24.3 Å². The van der Waals surface area contributed by atoms with Crippen LogP contribution in [0.25, 0.3) is 0 Å². The zero-order valence-corrected chi connectivity index (χ0v) is 14.4. The molecular formula is C19H20F2N2O3. The van der Waals surface area contributed by atoms with Crippen LogP contribution in [0, 0.1) is 11.6 Å². The van der Waals surface area contributed by atoms with Crippen LogP contribution in [0.3, 0.4) is 0 Å². The van der Waals surface area contributed by atoms with Gasteiger partial charge in [0.2, 0.25) is 5.91 Å². The van der Waals surface area contributed by atoms with Gasteiger partial charge in [-0.1, -0.05) is 18.2 Å². The number of benzene rings is 2. The van der Waals surface area contributed by atoms with Crippen LogP contribution in [0.15, 0.2) is 42.5 Å². The fourth-order valence-corrected chi connectivity index (χ4v) is 2.30. The number of hydrogen-bond donors (Lipinski definition) is 2. The Morgan fingerprint density at radius 1 is 1.04 bits per heavy atom. The lowest BCUT2D eigenvalue weighted by atomic mass is 10.2. The molecule has 7 heteroatoms. The Labute approximate surface area is 150 Å². The van der Waals surface area contributed by atoms with E-state index in [1.165, 1.54) is 6.07 Å². The maximum Gasteiger partial charge on any atom is 0.255 e.